The Labute approximate surface area is 80.5 Å². The molecule has 2 fully saturated rings. The van der Waals surface area contributed by atoms with Crippen LogP contribution in [0.3, 0.4) is 0 Å². The van der Waals surface area contributed by atoms with E-state index in [0.717, 1.165) is 13.1 Å². The predicted molar refractivity (Wildman–Crippen MR) is 54.3 cm³/mol. The topological polar surface area (TPSA) is 55.3 Å². The van der Waals surface area contributed by atoms with E-state index in [1.807, 2.05) is 0 Å². The van der Waals surface area contributed by atoms with E-state index >= 15 is 0 Å². The Morgan fingerprint density at radius 2 is 1.77 bits per heavy atom. The summed E-state index contributed by atoms with van der Waals surface area (Å²) in [6, 6.07) is 0. The number of likely N-dealkylation sites (tertiary alicyclic amines) is 1. The number of rotatable bonds is 1. The summed E-state index contributed by atoms with van der Waals surface area (Å²) in [6.45, 7) is 9.72. The van der Waals surface area contributed by atoms with Crippen LogP contribution in [0.15, 0.2) is 0 Å². The minimum Gasteiger partial charge on any atom is -0.329 e. The second kappa shape index (κ2) is 2.47. The Morgan fingerprint density at radius 1 is 1.31 bits per heavy atom. The third-order valence-corrected chi connectivity index (χ3v) is 3.89. The fourth-order valence-electron chi connectivity index (χ4n) is 2.62. The van der Waals surface area contributed by atoms with Crippen molar-refractivity contribution in [1.29, 1.82) is 0 Å². The SMILES string of the molecule is CC(C)(C)N1C[C@@H]2[C@H](C1)[C@@]2(N)CN. The fourth-order valence-corrected chi connectivity index (χ4v) is 2.62. The van der Waals surface area contributed by atoms with Crippen LogP contribution < -0.4 is 11.5 Å². The molecule has 76 valence electrons. The maximum Gasteiger partial charge on any atom is 0.0368 e. The molecule has 0 bridgehead atoms. The van der Waals surface area contributed by atoms with Crippen LogP contribution in [0.2, 0.25) is 0 Å². The smallest absolute Gasteiger partial charge is 0.0368 e. The molecule has 0 aromatic carbocycles. The van der Waals surface area contributed by atoms with Crippen LogP contribution in [0.1, 0.15) is 20.8 Å². The van der Waals surface area contributed by atoms with E-state index in [0.29, 0.717) is 23.9 Å². The molecule has 1 aliphatic heterocycles. The van der Waals surface area contributed by atoms with Crippen LogP contribution >= 0.6 is 0 Å². The first-order valence-corrected chi connectivity index (χ1v) is 5.13. The van der Waals surface area contributed by atoms with Gasteiger partial charge in [0.2, 0.25) is 0 Å². The van der Waals surface area contributed by atoms with E-state index in [-0.39, 0.29) is 5.54 Å². The average Bonchev–Trinajstić information content (AvgIpc) is 2.50. The summed E-state index contributed by atoms with van der Waals surface area (Å²) in [5, 5.41) is 0. The summed E-state index contributed by atoms with van der Waals surface area (Å²) in [5.74, 6) is 1.33. The molecule has 4 N–H and O–H groups in total. The van der Waals surface area contributed by atoms with Gasteiger partial charge in [-0.1, -0.05) is 0 Å². The van der Waals surface area contributed by atoms with Crippen LogP contribution in [-0.2, 0) is 0 Å². The van der Waals surface area contributed by atoms with E-state index in [9.17, 15) is 0 Å². The maximum absolute atomic E-state index is 6.15. The molecule has 0 radical (unpaired) electrons. The molecule has 3 atom stereocenters. The molecule has 2 aliphatic rings. The Morgan fingerprint density at radius 3 is 2.08 bits per heavy atom. The fraction of sp³-hybridized carbons (Fsp3) is 1.00. The lowest BCUT2D eigenvalue weighted by atomic mass is 10.0. The van der Waals surface area contributed by atoms with Crippen molar-refractivity contribution in [1.82, 2.24) is 4.90 Å². The zero-order valence-electron chi connectivity index (χ0n) is 8.88. The highest BCUT2D eigenvalue weighted by atomic mass is 15.3. The number of hydrogen-bond donors (Lipinski definition) is 2. The molecule has 1 aliphatic carbocycles. The van der Waals surface area contributed by atoms with Gasteiger partial charge in [0, 0.05) is 30.7 Å². The summed E-state index contributed by atoms with van der Waals surface area (Å²) < 4.78 is 0. The van der Waals surface area contributed by atoms with Crippen molar-refractivity contribution in [2.75, 3.05) is 19.6 Å². The molecule has 0 unspecified atom stereocenters. The second-order valence-corrected chi connectivity index (χ2v) is 5.61. The number of nitrogens with two attached hydrogens (primary N) is 2. The van der Waals surface area contributed by atoms with E-state index in [1.165, 1.54) is 0 Å². The molecule has 0 amide bonds. The molecule has 0 aromatic rings. The lowest BCUT2D eigenvalue weighted by molar-refractivity contribution is 0.143. The van der Waals surface area contributed by atoms with Gasteiger partial charge in [0.05, 0.1) is 0 Å². The van der Waals surface area contributed by atoms with E-state index in [1.54, 1.807) is 0 Å². The molecule has 3 nitrogen and oxygen atoms in total. The van der Waals surface area contributed by atoms with Crippen LogP contribution in [0.5, 0.6) is 0 Å². The van der Waals surface area contributed by atoms with Gasteiger partial charge in [-0.15, -0.1) is 0 Å². The van der Waals surface area contributed by atoms with Crippen molar-refractivity contribution in [3.63, 3.8) is 0 Å². The summed E-state index contributed by atoms with van der Waals surface area (Å²) in [7, 11) is 0. The van der Waals surface area contributed by atoms with Crippen LogP contribution in [0, 0.1) is 11.8 Å². The van der Waals surface area contributed by atoms with E-state index < -0.39 is 0 Å². The minimum atomic E-state index is -0.0122. The highest BCUT2D eigenvalue weighted by Gasteiger charge is 2.65. The summed E-state index contributed by atoms with van der Waals surface area (Å²) in [4.78, 5) is 2.52. The quantitative estimate of drug-likeness (QED) is 0.602. The van der Waals surface area contributed by atoms with Gasteiger partial charge in [-0.3, -0.25) is 4.90 Å². The van der Waals surface area contributed by atoms with Gasteiger partial charge in [-0.05, 0) is 32.6 Å². The van der Waals surface area contributed by atoms with Crippen LogP contribution in [0.25, 0.3) is 0 Å². The van der Waals surface area contributed by atoms with Crippen molar-refractivity contribution in [3.8, 4) is 0 Å². The Kier molecular flexibility index (Phi) is 1.79. The van der Waals surface area contributed by atoms with Gasteiger partial charge in [0.1, 0.15) is 0 Å². The lowest BCUT2D eigenvalue weighted by Gasteiger charge is -2.35. The molecule has 0 aromatic heterocycles. The zero-order valence-corrected chi connectivity index (χ0v) is 8.88. The summed E-state index contributed by atoms with van der Waals surface area (Å²) >= 11 is 0. The van der Waals surface area contributed by atoms with Crippen molar-refractivity contribution >= 4 is 0 Å². The summed E-state index contributed by atoms with van der Waals surface area (Å²) in [5.41, 5.74) is 12.1. The molecule has 1 saturated carbocycles. The highest BCUT2D eigenvalue weighted by Crippen LogP contribution is 2.54. The van der Waals surface area contributed by atoms with Crippen LogP contribution in [0.4, 0.5) is 0 Å². The first-order chi connectivity index (χ1) is 5.89. The van der Waals surface area contributed by atoms with E-state index in [2.05, 4.69) is 25.7 Å². The number of fused-ring (bicyclic) bond motifs is 1. The third kappa shape index (κ3) is 1.22. The minimum absolute atomic E-state index is 0.0122. The molecular weight excluding hydrogens is 162 g/mol. The van der Waals surface area contributed by atoms with Gasteiger partial charge < -0.3 is 11.5 Å². The number of piperidine rings is 1. The highest BCUT2D eigenvalue weighted by molar-refractivity contribution is 5.22. The van der Waals surface area contributed by atoms with Crippen molar-refractivity contribution < 1.29 is 0 Å². The van der Waals surface area contributed by atoms with Crippen molar-refractivity contribution in [2.45, 2.75) is 31.8 Å². The van der Waals surface area contributed by atoms with Gasteiger partial charge in [0.25, 0.3) is 0 Å². The number of nitrogens with zero attached hydrogens (tertiary/aromatic N) is 1. The van der Waals surface area contributed by atoms with Crippen LogP contribution in [-0.4, -0.2) is 35.6 Å². The van der Waals surface area contributed by atoms with E-state index in [4.69, 9.17) is 11.5 Å². The predicted octanol–water partition coefficient (Wildman–Crippen LogP) is 0.00270. The van der Waals surface area contributed by atoms with Gasteiger partial charge in [0.15, 0.2) is 0 Å². The lowest BCUT2D eigenvalue weighted by Crippen LogP contribution is -2.48. The molecular formula is C10H21N3. The Bertz CT molecular complexity index is 207. The standard InChI is InChI=1S/C10H21N3/c1-9(2,3)13-4-7-8(5-13)10(7,12)6-11/h7-8H,4-6,11-12H2,1-3H3/t7-,8+,10-. The van der Waals surface area contributed by atoms with Gasteiger partial charge in [-0.2, -0.15) is 0 Å². The summed E-state index contributed by atoms with van der Waals surface area (Å²) in [6.07, 6.45) is 0. The second-order valence-electron chi connectivity index (χ2n) is 5.61. The first-order valence-electron chi connectivity index (χ1n) is 5.13. The first kappa shape index (κ1) is 9.44. The molecule has 13 heavy (non-hydrogen) atoms. The maximum atomic E-state index is 6.15. The Balaban J connectivity index is 1.97. The third-order valence-electron chi connectivity index (χ3n) is 3.89. The molecule has 1 saturated heterocycles. The largest absolute Gasteiger partial charge is 0.329 e. The van der Waals surface area contributed by atoms with Gasteiger partial charge in [-0.25, -0.2) is 0 Å². The number of hydrogen-bond acceptors (Lipinski definition) is 3. The van der Waals surface area contributed by atoms with Crippen molar-refractivity contribution in [3.05, 3.63) is 0 Å². The normalized spacial score (nSPS) is 45.0. The molecule has 0 spiro atoms. The molecule has 1 heterocycles. The van der Waals surface area contributed by atoms with Gasteiger partial charge >= 0.3 is 0 Å². The zero-order chi connectivity index (χ0) is 9.85. The molecule has 2 rings (SSSR count). The Hall–Kier alpha value is -0.120. The average molecular weight is 183 g/mol. The monoisotopic (exact) mass is 183 g/mol. The molecule has 3 heteroatoms. The van der Waals surface area contributed by atoms with Crippen molar-refractivity contribution in [2.24, 2.45) is 23.3 Å².